The second-order valence-electron chi connectivity index (χ2n) is 8.73. The lowest BCUT2D eigenvalue weighted by Crippen LogP contribution is -2.08. The number of aromatic amines is 1. The van der Waals surface area contributed by atoms with Crippen LogP contribution in [-0.2, 0) is 25.8 Å². The average Bonchev–Trinajstić information content (AvgIpc) is 3.45. The van der Waals surface area contributed by atoms with E-state index in [1.54, 1.807) is 0 Å². The highest BCUT2D eigenvalue weighted by Crippen LogP contribution is 2.18. The fourth-order valence-corrected chi connectivity index (χ4v) is 3.77. The number of rotatable bonds is 10. The molecule has 0 radical (unpaired) electrons. The zero-order chi connectivity index (χ0) is 22.3. The molecule has 7 nitrogen and oxygen atoms in total. The minimum absolute atomic E-state index is 0.660. The Bertz CT molecular complexity index is 1110. The largest absolute Gasteiger partial charge is 0.245 e. The molecule has 0 aliphatic heterocycles. The molecular weight excluding hydrogens is 398 g/mol. The van der Waals surface area contributed by atoms with Gasteiger partial charge in [0.2, 0.25) is 0 Å². The van der Waals surface area contributed by atoms with E-state index in [1.165, 1.54) is 16.7 Å². The van der Waals surface area contributed by atoms with Crippen LogP contribution in [0.2, 0.25) is 0 Å². The Kier molecular flexibility index (Phi) is 7.04. The molecule has 2 heterocycles. The summed E-state index contributed by atoms with van der Waals surface area (Å²) in [5.41, 5.74) is 4.73. The summed E-state index contributed by atoms with van der Waals surface area (Å²) in [5.74, 6) is 3.41. The smallest absolute Gasteiger partial charge is 0.179 e. The fraction of sp³-hybridized carbons (Fsp3) is 0.400. The second kappa shape index (κ2) is 10.3. The molecule has 0 atom stereocenters. The zero-order valence-corrected chi connectivity index (χ0v) is 19.1. The SMILES string of the molecule is CCCc1nc(CCC(C)C)n(Cc2ccc(Cc3cccc(-c4nnn[nH]4)c3)cc2)n1. The molecule has 0 saturated carbocycles. The maximum absolute atomic E-state index is 4.81. The molecule has 1 N–H and O–H groups in total. The van der Waals surface area contributed by atoms with Crippen molar-refractivity contribution in [3.8, 4) is 11.4 Å². The summed E-state index contributed by atoms with van der Waals surface area (Å²) in [4.78, 5) is 4.81. The van der Waals surface area contributed by atoms with Gasteiger partial charge in [-0.2, -0.15) is 5.10 Å². The summed E-state index contributed by atoms with van der Waals surface area (Å²) < 4.78 is 2.09. The predicted octanol–water partition coefficient (Wildman–Crippen LogP) is 4.64. The minimum Gasteiger partial charge on any atom is -0.245 e. The Morgan fingerprint density at radius 1 is 0.969 bits per heavy atom. The van der Waals surface area contributed by atoms with Crippen LogP contribution in [0.4, 0.5) is 0 Å². The highest BCUT2D eigenvalue weighted by Gasteiger charge is 2.11. The second-order valence-corrected chi connectivity index (χ2v) is 8.73. The summed E-state index contributed by atoms with van der Waals surface area (Å²) in [6.45, 7) is 7.44. The van der Waals surface area contributed by atoms with E-state index in [0.29, 0.717) is 11.7 Å². The van der Waals surface area contributed by atoms with Crippen LogP contribution in [0.1, 0.15) is 62.0 Å². The van der Waals surface area contributed by atoms with Gasteiger partial charge in [-0.25, -0.2) is 14.8 Å². The minimum atomic E-state index is 0.660. The van der Waals surface area contributed by atoms with Gasteiger partial charge in [0.15, 0.2) is 11.6 Å². The lowest BCUT2D eigenvalue weighted by molar-refractivity contribution is 0.546. The third-order valence-corrected chi connectivity index (χ3v) is 5.52. The van der Waals surface area contributed by atoms with Crippen LogP contribution in [0.15, 0.2) is 48.5 Å². The van der Waals surface area contributed by atoms with Gasteiger partial charge in [-0.05, 0) is 58.4 Å². The molecule has 166 valence electrons. The molecule has 0 fully saturated rings. The quantitative estimate of drug-likeness (QED) is 0.397. The monoisotopic (exact) mass is 429 g/mol. The summed E-state index contributed by atoms with van der Waals surface area (Å²) in [5, 5.41) is 18.9. The molecule has 0 spiro atoms. The molecule has 0 aliphatic rings. The van der Waals surface area contributed by atoms with E-state index in [9.17, 15) is 0 Å². The first-order valence-electron chi connectivity index (χ1n) is 11.4. The van der Waals surface area contributed by atoms with Gasteiger partial charge in [0.05, 0.1) is 6.54 Å². The van der Waals surface area contributed by atoms with E-state index in [2.05, 4.69) is 82.5 Å². The lowest BCUT2D eigenvalue weighted by atomic mass is 10.0. The molecule has 0 bridgehead atoms. The van der Waals surface area contributed by atoms with Crippen LogP contribution in [0, 0.1) is 5.92 Å². The van der Waals surface area contributed by atoms with Crippen LogP contribution in [0.5, 0.6) is 0 Å². The Hall–Kier alpha value is -3.35. The van der Waals surface area contributed by atoms with Gasteiger partial charge < -0.3 is 0 Å². The standard InChI is InChI=1S/C25H31N7/c1-4-6-23-26-24(14-9-18(2)3)32(29-23)17-20-12-10-19(11-13-20)15-21-7-5-8-22(16-21)25-27-30-31-28-25/h5,7-8,10-13,16,18H,4,6,9,14-15,17H2,1-3H3,(H,27,28,30,31). The Morgan fingerprint density at radius 2 is 1.78 bits per heavy atom. The van der Waals surface area contributed by atoms with Gasteiger partial charge in [-0.3, -0.25) is 0 Å². The van der Waals surface area contributed by atoms with E-state index in [0.717, 1.165) is 55.9 Å². The number of H-pyrrole nitrogens is 1. The van der Waals surface area contributed by atoms with Crippen molar-refractivity contribution in [2.24, 2.45) is 5.92 Å². The van der Waals surface area contributed by atoms with Crippen molar-refractivity contribution in [1.29, 1.82) is 0 Å². The number of aryl methyl sites for hydroxylation is 2. The number of tetrazole rings is 1. The normalized spacial score (nSPS) is 11.4. The number of aromatic nitrogens is 7. The fourth-order valence-electron chi connectivity index (χ4n) is 3.77. The number of nitrogens with one attached hydrogen (secondary N) is 1. The molecule has 32 heavy (non-hydrogen) atoms. The summed E-state index contributed by atoms with van der Waals surface area (Å²) >= 11 is 0. The van der Waals surface area contributed by atoms with Gasteiger partial charge in [0.25, 0.3) is 0 Å². The zero-order valence-electron chi connectivity index (χ0n) is 19.1. The first-order chi connectivity index (χ1) is 15.6. The van der Waals surface area contributed by atoms with Crippen molar-refractivity contribution in [2.45, 2.75) is 59.4 Å². The predicted molar refractivity (Wildman–Crippen MR) is 125 cm³/mol. The van der Waals surface area contributed by atoms with Crippen LogP contribution < -0.4 is 0 Å². The van der Waals surface area contributed by atoms with Gasteiger partial charge in [0, 0.05) is 18.4 Å². The maximum Gasteiger partial charge on any atom is 0.179 e. The van der Waals surface area contributed by atoms with Gasteiger partial charge >= 0.3 is 0 Å². The summed E-state index contributed by atoms with van der Waals surface area (Å²) in [6.07, 6.45) is 4.97. The van der Waals surface area contributed by atoms with Crippen LogP contribution >= 0.6 is 0 Å². The lowest BCUT2D eigenvalue weighted by Gasteiger charge is -2.09. The van der Waals surface area contributed by atoms with E-state index in [4.69, 9.17) is 10.1 Å². The van der Waals surface area contributed by atoms with Crippen LogP contribution in [0.3, 0.4) is 0 Å². The average molecular weight is 430 g/mol. The topological polar surface area (TPSA) is 85.2 Å². The Labute approximate surface area is 189 Å². The van der Waals surface area contributed by atoms with Crippen LogP contribution in [0.25, 0.3) is 11.4 Å². The van der Waals surface area contributed by atoms with Crippen molar-refractivity contribution in [3.05, 3.63) is 76.9 Å². The third-order valence-electron chi connectivity index (χ3n) is 5.52. The molecule has 2 aromatic carbocycles. The van der Waals surface area contributed by atoms with E-state index in [1.807, 2.05) is 12.1 Å². The van der Waals surface area contributed by atoms with Crippen LogP contribution in [-0.4, -0.2) is 35.4 Å². The molecule has 2 aromatic heterocycles. The Balaban J connectivity index is 1.45. The summed E-state index contributed by atoms with van der Waals surface area (Å²) in [7, 11) is 0. The van der Waals surface area contributed by atoms with Gasteiger partial charge in [-0.1, -0.05) is 63.2 Å². The third kappa shape index (κ3) is 5.66. The summed E-state index contributed by atoms with van der Waals surface area (Å²) in [6, 6.07) is 17.1. The Morgan fingerprint density at radius 3 is 2.50 bits per heavy atom. The number of hydrogen-bond donors (Lipinski definition) is 1. The first kappa shape index (κ1) is 21.9. The van der Waals surface area contributed by atoms with Crippen molar-refractivity contribution >= 4 is 0 Å². The molecule has 7 heteroatoms. The molecule has 0 saturated heterocycles. The number of benzene rings is 2. The molecule has 0 amide bonds. The molecular formula is C25H31N7. The van der Waals surface area contributed by atoms with Crippen molar-refractivity contribution in [1.82, 2.24) is 35.4 Å². The van der Waals surface area contributed by atoms with Gasteiger partial charge in [-0.15, -0.1) is 5.10 Å². The highest BCUT2D eigenvalue weighted by atomic mass is 15.5. The van der Waals surface area contributed by atoms with Crippen molar-refractivity contribution in [3.63, 3.8) is 0 Å². The molecule has 4 rings (SSSR count). The first-order valence-corrected chi connectivity index (χ1v) is 11.4. The number of nitrogens with zero attached hydrogens (tertiary/aromatic N) is 6. The van der Waals surface area contributed by atoms with E-state index >= 15 is 0 Å². The molecule has 4 aromatic rings. The van der Waals surface area contributed by atoms with E-state index < -0.39 is 0 Å². The van der Waals surface area contributed by atoms with Crippen molar-refractivity contribution in [2.75, 3.05) is 0 Å². The molecule has 0 aliphatic carbocycles. The molecule has 0 unspecified atom stereocenters. The maximum atomic E-state index is 4.81. The highest BCUT2D eigenvalue weighted by molar-refractivity contribution is 5.55. The number of hydrogen-bond acceptors (Lipinski definition) is 5. The van der Waals surface area contributed by atoms with Gasteiger partial charge in [0.1, 0.15) is 5.82 Å². The van der Waals surface area contributed by atoms with Crippen molar-refractivity contribution < 1.29 is 0 Å². The van der Waals surface area contributed by atoms with E-state index in [-0.39, 0.29) is 0 Å².